The average Bonchev–Trinajstić information content (AvgIpc) is 3.11. The Kier molecular flexibility index (Phi) is 4.66. The van der Waals surface area contributed by atoms with Gasteiger partial charge >= 0.3 is 5.97 Å². The maximum absolute atomic E-state index is 12.2. The van der Waals surface area contributed by atoms with Crippen molar-refractivity contribution < 1.29 is 14.7 Å². The first-order valence-electron chi connectivity index (χ1n) is 8.35. The van der Waals surface area contributed by atoms with E-state index in [1.807, 2.05) is 35.7 Å². The molecule has 8 heteroatoms. The Bertz CT molecular complexity index is 1000. The molecular weight excluding hydrogens is 364 g/mol. The highest BCUT2D eigenvalue weighted by Crippen LogP contribution is 2.31. The zero-order valence-electron chi connectivity index (χ0n) is 14.3. The Morgan fingerprint density at radius 3 is 2.89 bits per heavy atom. The van der Waals surface area contributed by atoms with Crippen LogP contribution in [0.15, 0.2) is 48.0 Å². The molecule has 0 saturated heterocycles. The first-order chi connectivity index (χ1) is 13.1. The molecule has 0 fully saturated rings. The summed E-state index contributed by atoms with van der Waals surface area (Å²) in [7, 11) is 0. The van der Waals surface area contributed by atoms with Gasteiger partial charge in [-0.1, -0.05) is 12.1 Å². The van der Waals surface area contributed by atoms with Crippen LogP contribution in [0.1, 0.15) is 5.56 Å². The van der Waals surface area contributed by atoms with Gasteiger partial charge in [0, 0.05) is 29.4 Å². The summed E-state index contributed by atoms with van der Waals surface area (Å²) in [5.74, 6) is -1.30. The van der Waals surface area contributed by atoms with E-state index in [4.69, 9.17) is 5.11 Å². The smallest absolute Gasteiger partial charge is 0.323 e. The summed E-state index contributed by atoms with van der Waals surface area (Å²) >= 11 is 1.52. The van der Waals surface area contributed by atoms with Gasteiger partial charge in [-0.2, -0.15) is 0 Å². The number of carbonyl (C=O) groups is 2. The van der Waals surface area contributed by atoms with E-state index < -0.39 is 5.97 Å². The maximum atomic E-state index is 12.2. The number of rotatable bonds is 4. The van der Waals surface area contributed by atoms with Crippen LogP contribution >= 0.6 is 11.3 Å². The predicted octanol–water partition coefficient (Wildman–Crippen LogP) is 2.39. The van der Waals surface area contributed by atoms with E-state index in [1.54, 1.807) is 12.3 Å². The molecule has 0 atom stereocenters. The monoisotopic (exact) mass is 380 g/mol. The van der Waals surface area contributed by atoms with E-state index in [0.717, 1.165) is 27.5 Å². The van der Waals surface area contributed by atoms with Crippen LogP contribution in [-0.4, -0.2) is 40.0 Å². The van der Waals surface area contributed by atoms with Crippen molar-refractivity contribution in [1.29, 1.82) is 0 Å². The van der Waals surface area contributed by atoms with Gasteiger partial charge in [0.25, 0.3) is 0 Å². The molecule has 0 spiro atoms. The molecule has 1 amide bonds. The van der Waals surface area contributed by atoms with Gasteiger partial charge in [0.1, 0.15) is 11.6 Å². The fourth-order valence-corrected chi connectivity index (χ4v) is 3.81. The zero-order valence-corrected chi connectivity index (χ0v) is 15.1. The number of hydrogen-bond acceptors (Lipinski definition) is 6. The summed E-state index contributed by atoms with van der Waals surface area (Å²) in [5, 5.41) is 15.0. The van der Waals surface area contributed by atoms with Crippen molar-refractivity contribution in [2.75, 3.05) is 18.0 Å². The molecule has 3 heterocycles. The van der Waals surface area contributed by atoms with Crippen molar-refractivity contribution in [3.8, 4) is 22.0 Å². The van der Waals surface area contributed by atoms with Gasteiger partial charge in [0.15, 0.2) is 0 Å². The van der Waals surface area contributed by atoms with Gasteiger partial charge in [-0.15, -0.1) is 11.3 Å². The van der Waals surface area contributed by atoms with Crippen molar-refractivity contribution in [1.82, 2.24) is 15.3 Å². The van der Waals surface area contributed by atoms with Crippen molar-refractivity contribution in [3.63, 3.8) is 0 Å². The number of anilines is 1. The molecule has 0 unspecified atom stereocenters. The van der Waals surface area contributed by atoms with Crippen LogP contribution in [0.25, 0.3) is 22.0 Å². The lowest BCUT2D eigenvalue weighted by atomic mass is 10.1. The molecule has 1 aromatic carbocycles. The molecule has 7 nitrogen and oxygen atoms in total. The molecule has 3 aromatic rings. The number of benzene rings is 1. The standard InChI is InChI=1S/C19H16N4O3S/c24-17-9-20-8-13-7-12(4-5-16(13)23(17)10-18(25)26)15-11-27-19(22-15)14-3-1-2-6-21-14/h1-7,11,20H,8-10H2,(H,25,26). The van der Waals surface area contributed by atoms with E-state index in [2.05, 4.69) is 15.3 Å². The summed E-state index contributed by atoms with van der Waals surface area (Å²) in [6.45, 7) is 0.244. The van der Waals surface area contributed by atoms with Gasteiger partial charge in [-0.25, -0.2) is 4.98 Å². The Morgan fingerprint density at radius 2 is 2.11 bits per heavy atom. The number of aliphatic carboxylic acids is 1. The first-order valence-corrected chi connectivity index (χ1v) is 9.23. The highest BCUT2D eigenvalue weighted by molar-refractivity contribution is 7.13. The average molecular weight is 380 g/mol. The molecule has 0 bridgehead atoms. The number of nitrogens with one attached hydrogen (secondary N) is 1. The molecule has 27 heavy (non-hydrogen) atoms. The number of thiazole rings is 1. The minimum absolute atomic E-state index is 0.109. The molecule has 0 radical (unpaired) electrons. The SMILES string of the molecule is O=C(O)CN1C(=O)CNCc2cc(-c3csc(-c4ccccn4)n3)ccc21. The summed E-state index contributed by atoms with van der Waals surface area (Å²) in [4.78, 5) is 33.6. The summed E-state index contributed by atoms with van der Waals surface area (Å²) < 4.78 is 0. The molecule has 1 aliphatic rings. The lowest BCUT2D eigenvalue weighted by Crippen LogP contribution is -2.39. The third-order valence-corrected chi connectivity index (χ3v) is 5.11. The third-order valence-electron chi connectivity index (χ3n) is 4.24. The van der Waals surface area contributed by atoms with E-state index in [-0.39, 0.29) is 19.0 Å². The van der Waals surface area contributed by atoms with Gasteiger partial charge in [0.2, 0.25) is 5.91 Å². The number of carboxylic acids is 1. The van der Waals surface area contributed by atoms with Crippen molar-refractivity contribution in [2.45, 2.75) is 6.54 Å². The lowest BCUT2D eigenvalue weighted by molar-refractivity contribution is -0.136. The Hall–Kier alpha value is -3.10. The van der Waals surface area contributed by atoms with Crippen LogP contribution in [-0.2, 0) is 16.1 Å². The van der Waals surface area contributed by atoms with E-state index >= 15 is 0 Å². The number of amides is 1. The Balaban J connectivity index is 1.69. The fourth-order valence-electron chi connectivity index (χ4n) is 3.01. The van der Waals surface area contributed by atoms with E-state index in [9.17, 15) is 9.59 Å². The Morgan fingerprint density at radius 1 is 1.22 bits per heavy atom. The number of hydrogen-bond donors (Lipinski definition) is 2. The number of nitrogens with zero attached hydrogens (tertiary/aromatic N) is 3. The summed E-state index contributed by atoms with van der Waals surface area (Å²) in [5.41, 5.74) is 4.05. The highest BCUT2D eigenvalue weighted by atomic mass is 32.1. The lowest BCUT2D eigenvalue weighted by Gasteiger charge is -2.20. The molecule has 4 rings (SSSR count). The van der Waals surface area contributed by atoms with Gasteiger partial charge in [-0.05, 0) is 29.8 Å². The van der Waals surface area contributed by atoms with Crippen LogP contribution in [0.2, 0.25) is 0 Å². The number of fused-ring (bicyclic) bond motifs is 1. The molecule has 0 saturated carbocycles. The minimum Gasteiger partial charge on any atom is -0.480 e. The van der Waals surface area contributed by atoms with Crippen molar-refractivity contribution in [2.24, 2.45) is 0 Å². The van der Waals surface area contributed by atoms with Crippen LogP contribution in [0, 0.1) is 0 Å². The maximum Gasteiger partial charge on any atom is 0.323 e. The largest absolute Gasteiger partial charge is 0.480 e. The van der Waals surface area contributed by atoms with Crippen LogP contribution < -0.4 is 10.2 Å². The van der Waals surface area contributed by atoms with Crippen LogP contribution in [0.5, 0.6) is 0 Å². The van der Waals surface area contributed by atoms with E-state index in [1.165, 1.54) is 16.2 Å². The third kappa shape index (κ3) is 3.57. The summed E-state index contributed by atoms with van der Waals surface area (Å²) in [6, 6.07) is 11.3. The first kappa shape index (κ1) is 17.3. The second kappa shape index (κ2) is 7.26. The van der Waals surface area contributed by atoms with Gasteiger partial charge < -0.3 is 10.4 Å². The zero-order chi connectivity index (χ0) is 18.8. The number of carboxylic acid groups (broad SMARTS) is 1. The van der Waals surface area contributed by atoms with Gasteiger partial charge in [-0.3, -0.25) is 19.5 Å². The Labute approximate surface area is 159 Å². The highest BCUT2D eigenvalue weighted by Gasteiger charge is 2.24. The minimum atomic E-state index is -1.04. The number of aromatic nitrogens is 2. The normalized spacial score (nSPS) is 13.9. The number of pyridine rings is 1. The predicted molar refractivity (Wildman–Crippen MR) is 102 cm³/mol. The summed E-state index contributed by atoms with van der Waals surface area (Å²) in [6.07, 6.45) is 1.73. The van der Waals surface area contributed by atoms with Crippen LogP contribution in [0.3, 0.4) is 0 Å². The second-order valence-electron chi connectivity index (χ2n) is 6.07. The fraction of sp³-hybridized carbons (Fsp3) is 0.158. The van der Waals surface area contributed by atoms with Gasteiger partial charge in [0.05, 0.1) is 17.9 Å². The van der Waals surface area contributed by atoms with Crippen molar-refractivity contribution in [3.05, 3.63) is 53.5 Å². The quantitative estimate of drug-likeness (QED) is 0.722. The van der Waals surface area contributed by atoms with Crippen molar-refractivity contribution >= 4 is 28.9 Å². The molecule has 2 aromatic heterocycles. The van der Waals surface area contributed by atoms with E-state index in [0.29, 0.717) is 12.2 Å². The topological polar surface area (TPSA) is 95.4 Å². The molecule has 136 valence electrons. The molecule has 2 N–H and O–H groups in total. The second-order valence-corrected chi connectivity index (χ2v) is 6.93. The van der Waals surface area contributed by atoms with Crippen LogP contribution in [0.4, 0.5) is 5.69 Å². The molecule has 0 aliphatic carbocycles. The molecular formula is C19H16N4O3S. The number of carbonyl (C=O) groups excluding carboxylic acids is 1. The molecule has 1 aliphatic heterocycles.